The van der Waals surface area contributed by atoms with Crippen molar-refractivity contribution in [2.45, 2.75) is 12.8 Å². The zero-order valence-electron chi connectivity index (χ0n) is 14.8. The van der Waals surface area contributed by atoms with Crippen LogP contribution >= 0.6 is 0 Å². The Labute approximate surface area is 154 Å². The van der Waals surface area contributed by atoms with Gasteiger partial charge in [0, 0.05) is 24.6 Å². The summed E-state index contributed by atoms with van der Waals surface area (Å²) in [6.45, 7) is 2.54. The molecule has 1 saturated heterocycles. The van der Waals surface area contributed by atoms with Gasteiger partial charge in [0.05, 0.1) is 12.2 Å². The quantitative estimate of drug-likeness (QED) is 0.843. The summed E-state index contributed by atoms with van der Waals surface area (Å²) in [5.74, 6) is 2.18. The minimum atomic E-state index is 0.0870. The first-order valence-corrected chi connectivity index (χ1v) is 9.19. The van der Waals surface area contributed by atoms with Crippen LogP contribution in [0.1, 0.15) is 18.4 Å². The number of hydrogen-bond donors (Lipinski definition) is 0. The summed E-state index contributed by atoms with van der Waals surface area (Å²) >= 11 is 0. The Balaban J connectivity index is 1.38. The molecule has 134 valence electrons. The van der Waals surface area contributed by atoms with Crippen molar-refractivity contribution in [3.63, 3.8) is 0 Å². The summed E-state index contributed by atoms with van der Waals surface area (Å²) in [5.41, 5.74) is 1.70. The van der Waals surface area contributed by atoms with E-state index in [1.54, 1.807) is 0 Å². The molecule has 4 heteroatoms. The Kier molecular flexibility index (Phi) is 4.91. The molecule has 0 spiro atoms. The zero-order valence-corrected chi connectivity index (χ0v) is 14.8. The molecule has 0 saturated carbocycles. The molecular weight excluding hydrogens is 326 g/mol. The van der Waals surface area contributed by atoms with Crippen LogP contribution in [0.15, 0.2) is 60.2 Å². The van der Waals surface area contributed by atoms with Crippen molar-refractivity contribution in [2.75, 3.05) is 26.3 Å². The second kappa shape index (κ2) is 7.65. The lowest BCUT2D eigenvalue weighted by Crippen LogP contribution is -2.43. The highest BCUT2D eigenvalue weighted by molar-refractivity contribution is 5.99. The van der Waals surface area contributed by atoms with Gasteiger partial charge in [-0.05, 0) is 37.1 Å². The van der Waals surface area contributed by atoms with Gasteiger partial charge < -0.3 is 14.4 Å². The molecular formula is C22H23NO3. The molecule has 1 amide bonds. The average molecular weight is 349 g/mol. The first kappa shape index (κ1) is 16.7. The van der Waals surface area contributed by atoms with Crippen LogP contribution in [-0.4, -0.2) is 37.1 Å². The van der Waals surface area contributed by atoms with E-state index in [-0.39, 0.29) is 5.91 Å². The van der Waals surface area contributed by atoms with E-state index in [0.29, 0.717) is 19.1 Å². The number of rotatable bonds is 4. The summed E-state index contributed by atoms with van der Waals surface area (Å²) in [6, 6.07) is 17.7. The van der Waals surface area contributed by atoms with Crippen molar-refractivity contribution in [3.8, 4) is 11.5 Å². The number of para-hydroxylation sites is 2. The normalized spacial score (nSPS) is 19.2. The van der Waals surface area contributed by atoms with Gasteiger partial charge in [0.1, 0.15) is 18.1 Å². The maximum Gasteiger partial charge on any atom is 0.253 e. The molecule has 1 fully saturated rings. The lowest BCUT2D eigenvalue weighted by atomic mass is 9.97. The van der Waals surface area contributed by atoms with Crippen LogP contribution in [0.2, 0.25) is 0 Å². The average Bonchev–Trinajstić information content (AvgIpc) is 2.72. The minimum Gasteiger partial charge on any atom is -0.493 e. The summed E-state index contributed by atoms with van der Waals surface area (Å²) in [7, 11) is 0. The van der Waals surface area contributed by atoms with Crippen LogP contribution in [0.4, 0.5) is 0 Å². The topological polar surface area (TPSA) is 38.8 Å². The van der Waals surface area contributed by atoms with Gasteiger partial charge in [-0.1, -0.05) is 36.4 Å². The van der Waals surface area contributed by atoms with E-state index in [4.69, 9.17) is 9.47 Å². The van der Waals surface area contributed by atoms with Crippen LogP contribution in [0.5, 0.6) is 11.5 Å². The van der Waals surface area contributed by atoms with E-state index in [1.165, 1.54) is 0 Å². The summed E-state index contributed by atoms with van der Waals surface area (Å²) < 4.78 is 11.6. The molecule has 2 aromatic rings. The van der Waals surface area contributed by atoms with Gasteiger partial charge in [0.15, 0.2) is 0 Å². The molecule has 1 atom stereocenters. The standard InChI is InChI=1S/C22H23NO3/c24-22(19-13-18-8-4-5-11-21(18)26-16-19)23-12-6-7-17(14-23)15-25-20-9-2-1-3-10-20/h1-5,8-11,13,17H,6-7,12,14-16H2. The van der Waals surface area contributed by atoms with E-state index in [9.17, 15) is 4.79 Å². The lowest BCUT2D eigenvalue weighted by Gasteiger charge is -2.33. The summed E-state index contributed by atoms with van der Waals surface area (Å²) in [5, 5.41) is 0. The number of carbonyl (C=O) groups is 1. The molecule has 2 aliphatic rings. The molecule has 2 heterocycles. The fraction of sp³-hybridized carbons (Fsp3) is 0.318. The van der Waals surface area contributed by atoms with E-state index in [0.717, 1.165) is 48.6 Å². The molecule has 26 heavy (non-hydrogen) atoms. The van der Waals surface area contributed by atoms with Gasteiger partial charge in [0.2, 0.25) is 0 Å². The molecule has 4 nitrogen and oxygen atoms in total. The van der Waals surface area contributed by atoms with Crippen molar-refractivity contribution in [3.05, 3.63) is 65.7 Å². The van der Waals surface area contributed by atoms with Crippen molar-refractivity contribution in [1.29, 1.82) is 0 Å². The van der Waals surface area contributed by atoms with Crippen molar-refractivity contribution in [1.82, 2.24) is 4.90 Å². The number of likely N-dealkylation sites (tertiary alicyclic amines) is 1. The fourth-order valence-electron chi connectivity index (χ4n) is 3.56. The Morgan fingerprint density at radius 3 is 2.81 bits per heavy atom. The smallest absolute Gasteiger partial charge is 0.253 e. The number of amides is 1. The van der Waals surface area contributed by atoms with Gasteiger partial charge in [-0.15, -0.1) is 0 Å². The number of nitrogens with zero attached hydrogens (tertiary/aromatic N) is 1. The minimum absolute atomic E-state index is 0.0870. The second-order valence-corrected chi connectivity index (χ2v) is 6.88. The van der Waals surface area contributed by atoms with Gasteiger partial charge in [-0.2, -0.15) is 0 Å². The number of ether oxygens (including phenoxy) is 2. The second-order valence-electron chi connectivity index (χ2n) is 6.88. The summed E-state index contributed by atoms with van der Waals surface area (Å²) in [4.78, 5) is 14.9. The van der Waals surface area contributed by atoms with E-state index in [2.05, 4.69) is 0 Å². The summed E-state index contributed by atoms with van der Waals surface area (Å²) in [6.07, 6.45) is 4.07. The third-order valence-corrected chi connectivity index (χ3v) is 4.94. The molecule has 1 unspecified atom stereocenters. The van der Waals surface area contributed by atoms with Crippen LogP contribution < -0.4 is 9.47 Å². The van der Waals surface area contributed by atoms with Gasteiger partial charge in [0.25, 0.3) is 5.91 Å². The predicted octanol–water partition coefficient (Wildman–Crippen LogP) is 3.78. The highest BCUT2D eigenvalue weighted by Crippen LogP contribution is 2.27. The number of carbonyl (C=O) groups excluding carboxylic acids is 1. The molecule has 4 rings (SSSR count). The van der Waals surface area contributed by atoms with Crippen molar-refractivity contribution < 1.29 is 14.3 Å². The van der Waals surface area contributed by atoms with Gasteiger partial charge >= 0.3 is 0 Å². The van der Waals surface area contributed by atoms with Crippen LogP contribution in [0.25, 0.3) is 6.08 Å². The monoisotopic (exact) mass is 349 g/mol. The van der Waals surface area contributed by atoms with Gasteiger partial charge in [-0.3, -0.25) is 4.79 Å². The molecule has 0 N–H and O–H groups in total. The molecule has 0 radical (unpaired) electrons. The third-order valence-electron chi connectivity index (χ3n) is 4.94. The lowest BCUT2D eigenvalue weighted by molar-refractivity contribution is -0.129. The Morgan fingerprint density at radius 2 is 1.92 bits per heavy atom. The largest absolute Gasteiger partial charge is 0.493 e. The fourth-order valence-corrected chi connectivity index (χ4v) is 3.56. The predicted molar refractivity (Wildman–Crippen MR) is 101 cm³/mol. The maximum atomic E-state index is 12.9. The van der Waals surface area contributed by atoms with Crippen LogP contribution in [0, 0.1) is 5.92 Å². The Morgan fingerprint density at radius 1 is 1.12 bits per heavy atom. The highest BCUT2D eigenvalue weighted by Gasteiger charge is 2.27. The molecule has 2 aromatic carbocycles. The molecule has 0 bridgehead atoms. The molecule has 0 aromatic heterocycles. The molecule has 2 aliphatic heterocycles. The highest BCUT2D eigenvalue weighted by atomic mass is 16.5. The SMILES string of the molecule is O=C(C1=Cc2ccccc2OC1)N1CCCC(COc2ccccc2)C1. The van der Waals surface area contributed by atoms with E-state index < -0.39 is 0 Å². The van der Waals surface area contributed by atoms with Crippen LogP contribution in [-0.2, 0) is 4.79 Å². The van der Waals surface area contributed by atoms with E-state index >= 15 is 0 Å². The molecule has 0 aliphatic carbocycles. The first-order valence-electron chi connectivity index (χ1n) is 9.19. The number of piperidine rings is 1. The first-order chi connectivity index (χ1) is 12.8. The Hall–Kier alpha value is -2.75. The maximum absolute atomic E-state index is 12.9. The van der Waals surface area contributed by atoms with E-state index in [1.807, 2.05) is 65.6 Å². The zero-order chi connectivity index (χ0) is 17.8. The van der Waals surface area contributed by atoms with Crippen molar-refractivity contribution in [2.24, 2.45) is 5.92 Å². The van der Waals surface area contributed by atoms with Crippen molar-refractivity contribution >= 4 is 12.0 Å². The number of benzene rings is 2. The van der Waals surface area contributed by atoms with Crippen LogP contribution in [0.3, 0.4) is 0 Å². The Bertz CT molecular complexity index is 800. The third kappa shape index (κ3) is 3.74. The van der Waals surface area contributed by atoms with Gasteiger partial charge in [-0.25, -0.2) is 0 Å². The number of hydrogen-bond acceptors (Lipinski definition) is 3. The number of fused-ring (bicyclic) bond motifs is 1.